The Kier molecular flexibility index (Phi) is 5.26. The van der Waals surface area contributed by atoms with Crippen LogP contribution in [0.5, 0.6) is 11.6 Å². The van der Waals surface area contributed by atoms with Gasteiger partial charge in [0.1, 0.15) is 5.75 Å². The molecule has 1 N–H and O–H groups in total. The molecule has 2 aromatic heterocycles. The fourth-order valence-electron chi connectivity index (χ4n) is 2.52. The van der Waals surface area contributed by atoms with E-state index >= 15 is 0 Å². The van der Waals surface area contributed by atoms with Crippen LogP contribution in [-0.4, -0.2) is 25.9 Å². The number of hydrogen-bond acceptors (Lipinski definition) is 5. The third-order valence-electron chi connectivity index (χ3n) is 3.69. The number of aryl methyl sites for hydroxylation is 2. The second kappa shape index (κ2) is 7.77. The summed E-state index contributed by atoms with van der Waals surface area (Å²) < 4.78 is 7.43. The van der Waals surface area contributed by atoms with Crippen LogP contribution in [0.25, 0.3) is 5.82 Å². The SMILES string of the molecule is CCCC(=O)Nc1ccc(Oc2ccc(-n3nc(C)cc3C)nn2)cc1. The molecule has 0 radical (unpaired) electrons. The maximum Gasteiger partial charge on any atom is 0.238 e. The molecule has 26 heavy (non-hydrogen) atoms. The maximum absolute atomic E-state index is 11.6. The first kappa shape index (κ1) is 17.6. The Labute approximate surface area is 152 Å². The van der Waals surface area contributed by atoms with Gasteiger partial charge in [0, 0.05) is 23.9 Å². The van der Waals surface area contributed by atoms with E-state index in [1.165, 1.54) is 0 Å². The number of carbonyl (C=O) groups excluding carboxylic acids is 1. The van der Waals surface area contributed by atoms with Crippen molar-refractivity contribution in [2.45, 2.75) is 33.6 Å². The van der Waals surface area contributed by atoms with Gasteiger partial charge in [-0.15, -0.1) is 10.2 Å². The number of amides is 1. The first-order chi connectivity index (χ1) is 12.5. The summed E-state index contributed by atoms with van der Waals surface area (Å²) >= 11 is 0. The minimum Gasteiger partial charge on any atom is -0.438 e. The predicted molar refractivity (Wildman–Crippen MR) is 98.7 cm³/mol. The van der Waals surface area contributed by atoms with E-state index in [-0.39, 0.29) is 5.91 Å². The molecule has 0 aliphatic carbocycles. The Morgan fingerprint density at radius 1 is 1.12 bits per heavy atom. The van der Waals surface area contributed by atoms with Crippen molar-refractivity contribution in [2.75, 3.05) is 5.32 Å². The van der Waals surface area contributed by atoms with Gasteiger partial charge in [0.25, 0.3) is 0 Å². The van der Waals surface area contributed by atoms with Crippen molar-refractivity contribution in [1.82, 2.24) is 20.0 Å². The topological polar surface area (TPSA) is 81.9 Å². The van der Waals surface area contributed by atoms with Gasteiger partial charge in [-0.25, -0.2) is 4.68 Å². The zero-order valence-electron chi connectivity index (χ0n) is 15.1. The summed E-state index contributed by atoms with van der Waals surface area (Å²) in [4.78, 5) is 11.6. The maximum atomic E-state index is 11.6. The van der Waals surface area contributed by atoms with Gasteiger partial charge in [0.15, 0.2) is 5.82 Å². The van der Waals surface area contributed by atoms with Gasteiger partial charge in [-0.05, 0) is 56.7 Å². The lowest BCUT2D eigenvalue weighted by Crippen LogP contribution is -2.10. The quantitative estimate of drug-likeness (QED) is 0.730. The van der Waals surface area contributed by atoms with Crippen LogP contribution in [0.2, 0.25) is 0 Å². The molecular weight excluding hydrogens is 330 g/mol. The number of hydrogen-bond donors (Lipinski definition) is 1. The molecule has 3 rings (SSSR count). The molecule has 3 aromatic rings. The molecule has 2 heterocycles. The summed E-state index contributed by atoms with van der Waals surface area (Å²) in [5.74, 6) is 1.65. The molecule has 0 saturated heterocycles. The van der Waals surface area contributed by atoms with Crippen molar-refractivity contribution in [1.29, 1.82) is 0 Å². The molecule has 7 nitrogen and oxygen atoms in total. The molecule has 134 valence electrons. The van der Waals surface area contributed by atoms with Gasteiger partial charge in [-0.1, -0.05) is 6.92 Å². The van der Waals surface area contributed by atoms with Crippen molar-refractivity contribution < 1.29 is 9.53 Å². The highest BCUT2D eigenvalue weighted by Gasteiger charge is 2.07. The zero-order valence-corrected chi connectivity index (χ0v) is 15.1. The third-order valence-corrected chi connectivity index (χ3v) is 3.69. The van der Waals surface area contributed by atoms with E-state index in [9.17, 15) is 4.79 Å². The first-order valence-corrected chi connectivity index (χ1v) is 8.50. The lowest BCUT2D eigenvalue weighted by Gasteiger charge is -2.08. The van der Waals surface area contributed by atoms with Crippen LogP contribution in [0, 0.1) is 13.8 Å². The van der Waals surface area contributed by atoms with E-state index < -0.39 is 0 Å². The van der Waals surface area contributed by atoms with E-state index in [2.05, 4.69) is 20.6 Å². The Bertz CT molecular complexity index is 885. The predicted octanol–water partition coefficient (Wildman–Crippen LogP) is 3.81. The molecular formula is C19H21N5O2. The highest BCUT2D eigenvalue weighted by atomic mass is 16.5. The summed E-state index contributed by atoms with van der Waals surface area (Å²) in [6.45, 7) is 5.87. The number of nitrogens with one attached hydrogen (secondary N) is 1. The minimum absolute atomic E-state index is 0.00627. The monoisotopic (exact) mass is 351 g/mol. The molecule has 0 bridgehead atoms. The van der Waals surface area contributed by atoms with Gasteiger partial charge >= 0.3 is 0 Å². The van der Waals surface area contributed by atoms with Crippen molar-refractivity contribution >= 4 is 11.6 Å². The van der Waals surface area contributed by atoms with E-state index in [1.807, 2.05) is 26.8 Å². The van der Waals surface area contributed by atoms with Crippen LogP contribution < -0.4 is 10.1 Å². The molecule has 0 aliphatic rings. The summed E-state index contributed by atoms with van der Waals surface area (Å²) in [7, 11) is 0. The molecule has 0 saturated carbocycles. The lowest BCUT2D eigenvalue weighted by molar-refractivity contribution is -0.116. The van der Waals surface area contributed by atoms with Gasteiger partial charge in [0.05, 0.1) is 5.69 Å². The average molecular weight is 351 g/mol. The van der Waals surface area contributed by atoms with Crippen LogP contribution in [0.4, 0.5) is 5.69 Å². The van der Waals surface area contributed by atoms with Gasteiger partial charge < -0.3 is 10.1 Å². The summed E-state index contributed by atoms with van der Waals surface area (Å²) in [5, 5.41) is 15.5. The third kappa shape index (κ3) is 4.24. The molecule has 7 heteroatoms. The number of carbonyl (C=O) groups is 1. The van der Waals surface area contributed by atoms with Crippen LogP contribution in [0.15, 0.2) is 42.5 Å². The number of benzene rings is 1. The molecule has 0 spiro atoms. The van der Waals surface area contributed by atoms with Crippen LogP contribution >= 0.6 is 0 Å². The molecule has 0 aliphatic heterocycles. The normalized spacial score (nSPS) is 10.6. The van der Waals surface area contributed by atoms with Crippen molar-refractivity contribution in [3.63, 3.8) is 0 Å². The highest BCUT2D eigenvalue weighted by Crippen LogP contribution is 2.22. The number of anilines is 1. The second-order valence-corrected chi connectivity index (χ2v) is 5.99. The molecule has 0 atom stereocenters. The summed E-state index contributed by atoms with van der Waals surface area (Å²) in [6, 6.07) is 12.7. The largest absolute Gasteiger partial charge is 0.438 e. The Hall–Kier alpha value is -3.22. The number of nitrogens with zero attached hydrogens (tertiary/aromatic N) is 4. The first-order valence-electron chi connectivity index (χ1n) is 8.50. The number of aromatic nitrogens is 4. The van der Waals surface area contributed by atoms with E-state index in [0.29, 0.717) is 23.9 Å². The van der Waals surface area contributed by atoms with Crippen molar-refractivity contribution in [2.24, 2.45) is 0 Å². The smallest absolute Gasteiger partial charge is 0.238 e. The summed E-state index contributed by atoms with van der Waals surface area (Å²) in [5.41, 5.74) is 2.66. The minimum atomic E-state index is 0.00627. The Balaban J connectivity index is 1.65. The van der Waals surface area contributed by atoms with E-state index in [4.69, 9.17) is 4.74 Å². The van der Waals surface area contributed by atoms with Gasteiger partial charge in [-0.2, -0.15) is 5.10 Å². The average Bonchev–Trinajstić information content (AvgIpc) is 2.96. The number of rotatable bonds is 6. The Morgan fingerprint density at radius 2 is 1.88 bits per heavy atom. The fraction of sp³-hybridized carbons (Fsp3) is 0.263. The second-order valence-electron chi connectivity index (χ2n) is 5.99. The van der Waals surface area contributed by atoms with Gasteiger partial charge in [-0.3, -0.25) is 4.79 Å². The molecule has 1 amide bonds. The van der Waals surface area contributed by atoms with Gasteiger partial charge in [0.2, 0.25) is 11.8 Å². The Morgan fingerprint density at radius 3 is 2.46 bits per heavy atom. The van der Waals surface area contributed by atoms with Crippen LogP contribution in [-0.2, 0) is 4.79 Å². The standard InChI is InChI=1S/C19H21N5O2/c1-4-5-18(25)20-15-6-8-16(9-7-15)26-19-11-10-17(21-22-19)24-14(3)12-13(2)23-24/h6-12H,4-5H2,1-3H3,(H,20,25). The highest BCUT2D eigenvalue weighted by molar-refractivity contribution is 5.90. The van der Waals surface area contributed by atoms with E-state index in [1.54, 1.807) is 41.1 Å². The molecule has 1 aromatic carbocycles. The lowest BCUT2D eigenvalue weighted by atomic mass is 10.2. The molecule has 0 unspecified atom stereocenters. The molecule has 0 fully saturated rings. The zero-order chi connectivity index (χ0) is 18.5. The number of ether oxygens (including phenoxy) is 1. The van der Waals surface area contributed by atoms with Crippen LogP contribution in [0.3, 0.4) is 0 Å². The fourth-order valence-corrected chi connectivity index (χ4v) is 2.52. The van der Waals surface area contributed by atoms with Crippen molar-refractivity contribution in [3.8, 4) is 17.4 Å². The van der Waals surface area contributed by atoms with E-state index in [0.717, 1.165) is 23.5 Å². The van der Waals surface area contributed by atoms with Crippen LogP contribution in [0.1, 0.15) is 31.2 Å². The summed E-state index contributed by atoms with van der Waals surface area (Å²) in [6.07, 6.45) is 1.33. The van der Waals surface area contributed by atoms with Crippen molar-refractivity contribution in [3.05, 3.63) is 53.9 Å².